The maximum Gasteiger partial charge on any atom is 0.292 e. The van der Waals surface area contributed by atoms with Crippen LogP contribution in [0.15, 0.2) is 23.3 Å². The van der Waals surface area contributed by atoms with Crippen LogP contribution in [0.3, 0.4) is 0 Å². The van der Waals surface area contributed by atoms with Gasteiger partial charge in [0.25, 0.3) is 5.71 Å². The van der Waals surface area contributed by atoms with Crippen molar-refractivity contribution in [2.24, 2.45) is 0 Å². The van der Waals surface area contributed by atoms with Crippen molar-refractivity contribution in [2.75, 3.05) is 0 Å². The van der Waals surface area contributed by atoms with Crippen LogP contribution in [-0.2, 0) is 0 Å². The van der Waals surface area contributed by atoms with Crippen LogP contribution < -0.4 is 0 Å². The molecule has 0 fully saturated rings. The summed E-state index contributed by atoms with van der Waals surface area (Å²) < 4.78 is 0. The second-order valence-electron chi connectivity index (χ2n) is 6.21. The molecule has 0 N–H and O–H groups in total. The molecule has 0 aromatic heterocycles. The van der Waals surface area contributed by atoms with Crippen molar-refractivity contribution in [3.8, 4) is 0 Å². The minimum atomic E-state index is 0.877. The summed E-state index contributed by atoms with van der Waals surface area (Å²) in [6.45, 7) is 0. The van der Waals surface area contributed by atoms with E-state index in [4.69, 9.17) is 0 Å². The van der Waals surface area contributed by atoms with Gasteiger partial charge in [0.1, 0.15) is 0 Å². The molecule has 20 heavy (non-hydrogen) atoms. The SMILES string of the molecule is [N-]=[N+]=C1C=C(C2=CCCCCCCC2)CCCCCC1. The Labute approximate surface area is 123 Å². The van der Waals surface area contributed by atoms with Gasteiger partial charge in [-0.25, -0.2) is 0 Å². The van der Waals surface area contributed by atoms with Crippen LogP contribution in [0.1, 0.15) is 83.5 Å². The van der Waals surface area contributed by atoms with E-state index in [1.807, 2.05) is 0 Å². The molecule has 0 aromatic carbocycles. The largest absolute Gasteiger partial charge is 0.361 e. The quantitative estimate of drug-likeness (QED) is 0.439. The number of nitrogens with zero attached hydrogens (tertiary/aromatic N) is 2. The smallest absolute Gasteiger partial charge is 0.292 e. The third kappa shape index (κ3) is 5.09. The molecule has 2 aliphatic rings. The second kappa shape index (κ2) is 8.92. The molecule has 2 heteroatoms. The maximum absolute atomic E-state index is 9.19. The van der Waals surface area contributed by atoms with E-state index in [0.717, 1.165) is 25.0 Å². The van der Waals surface area contributed by atoms with Crippen LogP contribution in [0.25, 0.3) is 5.53 Å². The minimum Gasteiger partial charge on any atom is -0.361 e. The van der Waals surface area contributed by atoms with Crippen molar-refractivity contribution in [2.45, 2.75) is 83.5 Å². The molecule has 0 bridgehead atoms. The van der Waals surface area contributed by atoms with Gasteiger partial charge in [-0.15, -0.1) is 0 Å². The number of rotatable bonds is 1. The van der Waals surface area contributed by atoms with Crippen LogP contribution in [-0.4, -0.2) is 10.5 Å². The summed E-state index contributed by atoms with van der Waals surface area (Å²) in [5.41, 5.74) is 13.0. The molecule has 2 nitrogen and oxygen atoms in total. The highest BCUT2D eigenvalue weighted by atomic mass is 14.8. The third-order valence-electron chi connectivity index (χ3n) is 4.55. The third-order valence-corrected chi connectivity index (χ3v) is 4.55. The Morgan fingerprint density at radius 3 is 2.05 bits per heavy atom. The molecule has 0 saturated carbocycles. The monoisotopic (exact) mass is 272 g/mol. The Morgan fingerprint density at radius 2 is 1.30 bits per heavy atom. The van der Waals surface area contributed by atoms with E-state index in [-0.39, 0.29) is 0 Å². The first-order chi connectivity index (χ1) is 9.90. The van der Waals surface area contributed by atoms with Gasteiger partial charge in [-0.3, -0.25) is 0 Å². The van der Waals surface area contributed by atoms with Gasteiger partial charge >= 0.3 is 0 Å². The van der Waals surface area contributed by atoms with Crippen LogP contribution in [0.2, 0.25) is 0 Å². The van der Waals surface area contributed by atoms with E-state index in [1.165, 1.54) is 75.4 Å². The minimum absolute atomic E-state index is 0.877. The summed E-state index contributed by atoms with van der Waals surface area (Å²) in [4.78, 5) is 3.51. The zero-order valence-electron chi connectivity index (χ0n) is 12.7. The Morgan fingerprint density at radius 1 is 0.700 bits per heavy atom. The van der Waals surface area contributed by atoms with Crippen molar-refractivity contribution in [1.29, 1.82) is 0 Å². The molecule has 0 aromatic rings. The fourth-order valence-electron chi connectivity index (χ4n) is 3.31. The van der Waals surface area contributed by atoms with Gasteiger partial charge in [0, 0.05) is 12.5 Å². The molecule has 110 valence electrons. The van der Waals surface area contributed by atoms with Crippen molar-refractivity contribution >= 4 is 5.71 Å². The molecule has 0 unspecified atom stereocenters. The maximum atomic E-state index is 9.19. The summed E-state index contributed by atoms with van der Waals surface area (Å²) in [6.07, 6.45) is 20.9. The first kappa shape index (κ1) is 15.3. The van der Waals surface area contributed by atoms with E-state index in [0.29, 0.717) is 0 Å². The van der Waals surface area contributed by atoms with Crippen molar-refractivity contribution in [1.82, 2.24) is 0 Å². The second-order valence-corrected chi connectivity index (χ2v) is 6.21. The highest BCUT2D eigenvalue weighted by Crippen LogP contribution is 2.27. The molecular weight excluding hydrogens is 244 g/mol. The lowest BCUT2D eigenvalue weighted by Crippen LogP contribution is -1.99. The van der Waals surface area contributed by atoms with Gasteiger partial charge in [0.15, 0.2) is 0 Å². The molecule has 0 heterocycles. The van der Waals surface area contributed by atoms with E-state index in [9.17, 15) is 5.53 Å². The first-order valence-corrected chi connectivity index (χ1v) is 8.51. The summed E-state index contributed by atoms with van der Waals surface area (Å²) in [6, 6.07) is 0. The van der Waals surface area contributed by atoms with Crippen molar-refractivity contribution in [3.05, 3.63) is 28.8 Å². The Hall–Kier alpha value is -1.14. The molecule has 2 aliphatic carbocycles. The highest BCUT2D eigenvalue weighted by Gasteiger charge is 2.13. The molecule has 0 spiro atoms. The average Bonchev–Trinajstić information content (AvgIpc) is 2.68. The van der Waals surface area contributed by atoms with Crippen LogP contribution >= 0.6 is 0 Å². The van der Waals surface area contributed by atoms with Gasteiger partial charge in [0.2, 0.25) is 0 Å². The van der Waals surface area contributed by atoms with Gasteiger partial charge in [-0.2, -0.15) is 4.79 Å². The summed E-state index contributed by atoms with van der Waals surface area (Å²) in [7, 11) is 0. The average molecular weight is 272 g/mol. The predicted octanol–water partition coefficient (Wildman–Crippen LogP) is 5.61. The van der Waals surface area contributed by atoms with Gasteiger partial charge in [0.05, 0.1) is 0 Å². The zero-order valence-corrected chi connectivity index (χ0v) is 12.7. The van der Waals surface area contributed by atoms with Gasteiger partial charge in [-0.05, 0) is 56.1 Å². The number of hydrogen-bond donors (Lipinski definition) is 0. The Bertz CT molecular complexity index is 411. The van der Waals surface area contributed by atoms with E-state index in [1.54, 1.807) is 0 Å². The van der Waals surface area contributed by atoms with Crippen LogP contribution in [0.4, 0.5) is 0 Å². The Balaban J connectivity index is 2.16. The topological polar surface area (TPSA) is 36.4 Å². The zero-order chi connectivity index (χ0) is 14.0. The number of allylic oxidation sites excluding steroid dienone is 4. The number of hydrogen-bond acceptors (Lipinski definition) is 0. The van der Waals surface area contributed by atoms with Crippen molar-refractivity contribution < 1.29 is 4.79 Å². The molecule has 0 amide bonds. The Kier molecular flexibility index (Phi) is 6.80. The van der Waals surface area contributed by atoms with E-state index in [2.05, 4.69) is 16.9 Å². The lowest BCUT2D eigenvalue weighted by molar-refractivity contribution is -0.00645. The fraction of sp³-hybridized carbons (Fsp3) is 0.722. The van der Waals surface area contributed by atoms with Gasteiger partial charge in [-0.1, -0.05) is 38.2 Å². The summed E-state index contributed by atoms with van der Waals surface area (Å²) in [5, 5.41) is 0. The van der Waals surface area contributed by atoms with Crippen molar-refractivity contribution in [3.63, 3.8) is 0 Å². The predicted molar refractivity (Wildman–Crippen MR) is 84.8 cm³/mol. The van der Waals surface area contributed by atoms with E-state index < -0.39 is 0 Å². The molecule has 0 saturated heterocycles. The van der Waals surface area contributed by atoms with Crippen LogP contribution in [0, 0.1) is 0 Å². The molecule has 0 radical (unpaired) electrons. The molecule has 2 rings (SSSR count). The molecule has 0 aliphatic heterocycles. The molecular formula is C18H28N2. The molecule has 0 atom stereocenters. The summed E-state index contributed by atoms with van der Waals surface area (Å²) >= 11 is 0. The lowest BCUT2D eigenvalue weighted by Gasteiger charge is -2.11. The van der Waals surface area contributed by atoms with Crippen LogP contribution in [0.5, 0.6) is 0 Å². The standard InChI is InChI=1S/C18H28N2/c19-20-18-14-10-6-5-9-13-17(15-18)16-11-7-3-1-2-4-8-12-16/h11,15H,1-10,12-14H2. The lowest BCUT2D eigenvalue weighted by atomic mass is 9.94. The first-order valence-electron chi connectivity index (χ1n) is 8.51. The summed E-state index contributed by atoms with van der Waals surface area (Å²) in [5.74, 6) is 0. The fourth-order valence-corrected chi connectivity index (χ4v) is 3.31. The highest BCUT2D eigenvalue weighted by molar-refractivity contribution is 5.91. The van der Waals surface area contributed by atoms with E-state index >= 15 is 0 Å². The van der Waals surface area contributed by atoms with Gasteiger partial charge < -0.3 is 5.53 Å². The normalized spacial score (nSPS) is 22.9.